The van der Waals surface area contributed by atoms with E-state index in [4.69, 9.17) is 10.7 Å². The molecule has 0 atom stereocenters. The maximum Gasteiger partial charge on any atom is 0.263 e. The van der Waals surface area contributed by atoms with Gasteiger partial charge < -0.3 is 4.57 Å². The second kappa shape index (κ2) is 5.74. The summed E-state index contributed by atoms with van der Waals surface area (Å²) in [5.41, 5.74) is 0.689. The van der Waals surface area contributed by atoms with Crippen LogP contribution in [0.1, 0.15) is 26.7 Å². The molecule has 0 N–H and O–H groups in total. The predicted molar refractivity (Wildman–Crippen MR) is 79.0 cm³/mol. The molecule has 0 unspecified atom stereocenters. The summed E-state index contributed by atoms with van der Waals surface area (Å²) >= 11 is 0. The molecule has 1 aromatic carbocycles. The van der Waals surface area contributed by atoms with Gasteiger partial charge in [0.15, 0.2) is 0 Å². The van der Waals surface area contributed by atoms with E-state index in [1.54, 1.807) is 6.07 Å². The highest BCUT2D eigenvalue weighted by Crippen LogP contribution is 2.29. The molecule has 0 fully saturated rings. The first-order valence-electron chi connectivity index (χ1n) is 6.52. The highest BCUT2D eigenvalue weighted by Gasteiger charge is 2.19. The molecule has 0 spiro atoms. The summed E-state index contributed by atoms with van der Waals surface area (Å²) in [7, 11) is 1.54. The molecule has 0 radical (unpaired) electrons. The van der Waals surface area contributed by atoms with Crippen molar-refractivity contribution >= 4 is 30.6 Å². The van der Waals surface area contributed by atoms with Crippen LogP contribution in [0.3, 0.4) is 0 Å². The number of halogens is 2. The van der Waals surface area contributed by atoms with Gasteiger partial charge in [0.05, 0.1) is 0 Å². The number of nitrogens with zero attached hydrogens (tertiary/aromatic N) is 1. The van der Waals surface area contributed by atoms with Crippen molar-refractivity contribution in [3.8, 4) is 0 Å². The van der Waals surface area contributed by atoms with E-state index in [2.05, 4.69) is 13.8 Å². The Hall–Kier alpha value is -1.07. The first-order chi connectivity index (χ1) is 9.29. The molecule has 1 aromatic heterocycles. The second-order valence-electron chi connectivity index (χ2n) is 5.32. The molecule has 2 aromatic rings. The van der Waals surface area contributed by atoms with Crippen LogP contribution in [-0.2, 0) is 15.6 Å². The van der Waals surface area contributed by atoms with Crippen molar-refractivity contribution in [2.45, 2.75) is 38.1 Å². The Balaban J connectivity index is 2.45. The van der Waals surface area contributed by atoms with E-state index in [9.17, 15) is 12.8 Å². The SMILES string of the molecule is CC(C)CCCn1cc(S(=O)(=O)Cl)c2cc(F)ccc21. The molecular formula is C14H17ClFNO2S. The third-order valence-electron chi connectivity index (χ3n) is 3.25. The second-order valence-corrected chi connectivity index (χ2v) is 7.86. The van der Waals surface area contributed by atoms with E-state index < -0.39 is 14.9 Å². The van der Waals surface area contributed by atoms with Crippen molar-refractivity contribution in [3.63, 3.8) is 0 Å². The van der Waals surface area contributed by atoms with E-state index in [-0.39, 0.29) is 4.90 Å². The van der Waals surface area contributed by atoms with Crippen LogP contribution in [0, 0.1) is 11.7 Å². The molecule has 2 rings (SSSR count). The number of benzene rings is 1. The van der Waals surface area contributed by atoms with Gasteiger partial charge in [0, 0.05) is 34.3 Å². The molecular weight excluding hydrogens is 301 g/mol. The average Bonchev–Trinajstić information content (AvgIpc) is 2.66. The Bertz CT molecular complexity index is 722. The summed E-state index contributed by atoms with van der Waals surface area (Å²) in [6.45, 7) is 4.96. The quantitative estimate of drug-likeness (QED) is 0.777. The van der Waals surface area contributed by atoms with E-state index in [0.29, 0.717) is 23.4 Å². The Morgan fingerprint density at radius 2 is 2.05 bits per heavy atom. The number of rotatable bonds is 5. The van der Waals surface area contributed by atoms with Gasteiger partial charge in [0.2, 0.25) is 0 Å². The van der Waals surface area contributed by atoms with E-state index in [1.807, 2.05) is 4.57 Å². The maximum atomic E-state index is 13.3. The molecule has 0 saturated carbocycles. The summed E-state index contributed by atoms with van der Waals surface area (Å²) in [6, 6.07) is 4.13. The van der Waals surface area contributed by atoms with Crippen molar-refractivity contribution in [3.05, 3.63) is 30.2 Å². The van der Waals surface area contributed by atoms with E-state index in [0.717, 1.165) is 12.8 Å². The maximum absolute atomic E-state index is 13.3. The summed E-state index contributed by atoms with van der Waals surface area (Å²) < 4.78 is 38.3. The Labute approximate surface area is 122 Å². The summed E-state index contributed by atoms with van der Waals surface area (Å²) in [5, 5.41) is 0.338. The van der Waals surface area contributed by atoms with Gasteiger partial charge in [-0.05, 0) is 37.0 Å². The number of hydrogen-bond donors (Lipinski definition) is 0. The van der Waals surface area contributed by atoms with Crippen LogP contribution >= 0.6 is 10.7 Å². The van der Waals surface area contributed by atoms with Gasteiger partial charge in [-0.1, -0.05) is 13.8 Å². The van der Waals surface area contributed by atoms with Gasteiger partial charge in [-0.3, -0.25) is 0 Å². The van der Waals surface area contributed by atoms with Crippen LogP contribution in [0.15, 0.2) is 29.3 Å². The van der Waals surface area contributed by atoms with Gasteiger partial charge >= 0.3 is 0 Å². The third kappa shape index (κ3) is 3.33. The molecule has 0 aliphatic carbocycles. The average molecular weight is 318 g/mol. The van der Waals surface area contributed by atoms with Crippen molar-refractivity contribution in [1.82, 2.24) is 4.57 Å². The van der Waals surface area contributed by atoms with Gasteiger partial charge in [-0.15, -0.1) is 0 Å². The highest BCUT2D eigenvalue weighted by atomic mass is 35.7. The van der Waals surface area contributed by atoms with Crippen LogP contribution in [0.4, 0.5) is 4.39 Å². The Kier molecular flexibility index (Phi) is 4.39. The number of hydrogen-bond acceptors (Lipinski definition) is 2. The van der Waals surface area contributed by atoms with Crippen molar-refractivity contribution < 1.29 is 12.8 Å². The van der Waals surface area contributed by atoms with Crippen LogP contribution < -0.4 is 0 Å². The Morgan fingerprint density at radius 1 is 1.35 bits per heavy atom. The molecule has 20 heavy (non-hydrogen) atoms. The van der Waals surface area contributed by atoms with Crippen LogP contribution in [-0.4, -0.2) is 13.0 Å². The lowest BCUT2D eigenvalue weighted by atomic mass is 10.1. The van der Waals surface area contributed by atoms with Gasteiger partial charge in [0.1, 0.15) is 10.7 Å². The first-order valence-corrected chi connectivity index (χ1v) is 8.83. The summed E-state index contributed by atoms with van der Waals surface area (Å²) in [6.07, 6.45) is 3.47. The molecule has 0 amide bonds. The fourth-order valence-corrected chi connectivity index (χ4v) is 3.33. The minimum Gasteiger partial charge on any atom is -0.346 e. The molecule has 1 heterocycles. The first kappa shape index (κ1) is 15.3. The molecule has 0 aliphatic heterocycles. The van der Waals surface area contributed by atoms with Crippen LogP contribution in [0.25, 0.3) is 10.9 Å². The Morgan fingerprint density at radius 3 is 2.65 bits per heavy atom. The zero-order chi connectivity index (χ0) is 14.9. The molecule has 0 bridgehead atoms. The number of aromatic nitrogens is 1. The lowest BCUT2D eigenvalue weighted by Gasteiger charge is -2.07. The standard InChI is InChI=1S/C14H17ClFNO2S/c1-10(2)4-3-7-17-9-14(20(15,18)19)12-8-11(16)5-6-13(12)17/h5-6,8-10H,3-4,7H2,1-2H3. The molecule has 110 valence electrons. The van der Waals surface area contributed by atoms with Crippen LogP contribution in [0.5, 0.6) is 0 Å². The third-order valence-corrected chi connectivity index (χ3v) is 4.60. The summed E-state index contributed by atoms with van der Waals surface area (Å²) in [5.74, 6) is 0.115. The normalized spacial score (nSPS) is 12.4. The smallest absolute Gasteiger partial charge is 0.263 e. The minimum absolute atomic E-state index is 0.0294. The monoisotopic (exact) mass is 317 g/mol. The molecule has 0 aliphatic rings. The van der Waals surface area contributed by atoms with Crippen molar-refractivity contribution in [1.29, 1.82) is 0 Å². The lowest BCUT2D eigenvalue weighted by molar-refractivity contribution is 0.517. The number of fused-ring (bicyclic) bond motifs is 1. The van der Waals surface area contributed by atoms with E-state index >= 15 is 0 Å². The van der Waals surface area contributed by atoms with Crippen molar-refractivity contribution in [2.24, 2.45) is 5.92 Å². The fraction of sp³-hybridized carbons (Fsp3) is 0.429. The zero-order valence-electron chi connectivity index (χ0n) is 11.4. The van der Waals surface area contributed by atoms with Crippen molar-refractivity contribution in [2.75, 3.05) is 0 Å². The van der Waals surface area contributed by atoms with Crippen LogP contribution in [0.2, 0.25) is 0 Å². The zero-order valence-corrected chi connectivity index (χ0v) is 13.0. The minimum atomic E-state index is -3.88. The highest BCUT2D eigenvalue weighted by molar-refractivity contribution is 8.14. The van der Waals surface area contributed by atoms with Gasteiger partial charge in [-0.25, -0.2) is 12.8 Å². The lowest BCUT2D eigenvalue weighted by Crippen LogP contribution is -1.98. The topological polar surface area (TPSA) is 39.1 Å². The molecule has 3 nitrogen and oxygen atoms in total. The molecule has 6 heteroatoms. The van der Waals surface area contributed by atoms with Gasteiger partial charge in [0.25, 0.3) is 9.05 Å². The predicted octanol–water partition coefficient (Wildman–Crippen LogP) is 4.14. The molecule has 0 saturated heterocycles. The number of aryl methyl sites for hydroxylation is 1. The van der Waals surface area contributed by atoms with E-state index in [1.165, 1.54) is 18.3 Å². The summed E-state index contributed by atoms with van der Waals surface area (Å²) in [4.78, 5) is -0.0294. The van der Waals surface area contributed by atoms with Gasteiger partial charge in [-0.2, -0.15) is 0 Å². The fourth-order valence-electron chi connectivity index (χ4n) is 2.29. The largest absolute Gasteiger partial charge is 0.346 e.